The number of hydrogen-bond donors (Lipinski definition) is 0. The van der Waals surface area contributed by atoms with Crippen molar-refractivity contribution in [3.8, 4) is 0 Å². The molecule has 0 aromatic rings. The van der Waals surface area contributed by atoms with Crippen LogP contribution in [0.15, 0.2) is 0 Å². The number of likely N-dealkylation sites (N-methyl/N-ethyl adjacent to an activating group) is 1. The van der Waals surface area contributed by atoms with Gasteiger partial charge in [0.1, 0.15) is 5.78 Å². The maximum absolute atomic E-state index is 12.2. The lowest BCUT2D eigenvalue weighted by atomic mass is 9.77. The second kappa shape index (κ2) is 13.1. The van der Waals surface area contributed by atoms with E-state index in [1.54, 1.807) is 0 Å². The van der Waals surface area contributed by atoms with E-state index in [0.29, 0.717) is 11.7 Å². The second-order valence-electron chi connectivity index (χ2n) is 9.75. The molecule has 0 aromatic heterocycles. The summed E-state index contributed by atoms with van der Waals surface area (Å²) < 4.78 is 0. The quantitative estimate of drug-likeness (QED) is 0.625. The van der Waals surface area contributed by atoms with E-state index >= 15 is 0 Å². The maximum Gasteiger partial charge on any atom is 0.138 e. The van der Waals surface area contributed by atoms with Crippen LogP contribution in [0.2, 0.25) is 0 Å². The lowest BCUT2D eigenvalue weighted by molar-refractivity contribution is -0.127. The Kier molecular flexibility index (Phi) is 11.2. The van der Waals surface area contributed by atoms with Gasteiger partial charge in [-0.1, -0.05) is 34.6 Å². The Hall–Kier alpha value is -0.450. The summed E-state index contributed by atoms with van der Waals surface area (Å²) in [5.41, 5.74) is 0. The molecule has 4 nitrogen and oxygen atoms in total. The largest absolute Gasteiger partial charge is 0.303 e. The highest BCUT2D eigenvalue weighted by Gasteiger charge is 2.30. The number of hydrogen-bond acceptors (Lipinski definition) is 4. The molecule has 0 atom stereocenters. The third-order valence-electron chi connectivity index (χ3n) is 7.47. The number of likely N-dealkylation sites (tertiary alicyclic amines) is 1. The molecule has 0 spiro atoms. The van der Waals surface area contributed by atoms with Crippen LogP contribution in [0.4, 0.5) is 0 Å². The second-order valence-corrected chi connectivity index (χ2v) is 9.75. The number of carbonyl (C=O) groups excluding carboxylic acids is 1. The molecule has 170 valence electrons. The number of carbonyl (C=O) groups is 1. The molecule has 1 aliphatic carbocycles. The molecule has 4 heteroatoms. The van der Waals surface area contributed by atoms with Crippen molar-refractivity contribution < 1.29 is 4.79 Å². The average molecular weight is 408 g/mol. The van der Waals surface area contributed by atoms with Crippen LogP contribution in [-0.2, 0) is 4.79 Å². The van der Waals surface area contributed by atoms with Crippen LogP contribution in [0.5, 0.6) is 0 Å². The van der Waals surface area contributed by atoms with Crippen molar-refractivity contribution in [2.75, 3.05) is 58.9 Å². The minimum atomic E-state index is 0.218. The predicted molar refractivity (Wildman–Crippen MR) is 124 cm³/mol. The van der Waals surface area contributed by atoms with Gasteiger partial charge >= 0.3 is 0 Å². The molecule has 29 heavy (non-hydrogen) atoms. The Morgan fingerprint density at radius 3 is 1.66 bits per heavy atom. The Bertz CT molecular complexity index is 443. The summed E-state index contributed by atoms with van der Waals surface area (Å²) >= 11 is 0. The average Bonchev–Trinajstić information content (AvgIpc) is 2.77. The monoisotopic (exact) mass is 407 g/mol. The van der Waals surface area contributed by atoms with E-state index in [4.69, 9.17) is 0 Å². The molecule has 2 heterocycles. The molecule has 0 amide bonds. The molecular formula is C25H49N3O. The van der Waals surface area contributed by atoms with E-state index in [1.807, 2.05) is 13.8 Å². The fourth-order valence-corrected chi connectivity index (χ4v) is 5.47. The first-order valence-electron chi connectivity index (χ1n) is 12.8. The SMILES string of the molecule is CC.CCN1CCN(CC2CCN(CC3CCC(C(=O)C(C)C)CC3)CC2)CC1. The third-order valence-corrected chi connectivity index (χ3v) is 7.47. The molecule has 2 saturated heterocycles. The Morgan fingerprint density at radius 2 is 1.17 bits per heavy atom. The predicted octanol–water partition coefficient (Wildman–Crippen LogP) is 4.39. The van der Waals surface area contributed by atoms with Crippen molar-refractivity contribution >= 4 is 5.78 Å². The van der Waals surface area contributed by atoms with Crippen molar-refractivity contribution in [2.45, 2.75) is 73.1 Å². The number of piperazine rings is 1. The number of nitrogens with zero attached hydrogens (tertiary/aromatic N) is 3. The molecule has 1 saturated carbocycles. The van der Waals surface area contributed by atoms with Gasteiger partial charge in [0.15, 0.2) is 0 Å². The van der Waals surface area contributed by atoms with Gasteiger partial charge in [0.05, 0.1) is 0 Å². The van der Waals surface area contributed by atoms with Gasteiger partial charge in [-0.05, 0) is 70.0 Å². The number of rotatable bonds is 7. The zero-order valence-corrected chi connectivity index (χ0v) is 20.2. The Morgan fingerprint density at radius 1 is 0.724 bits per heavy atom. The first-order valence-corrected chi connectivity index (χ1v) is 12.8. The Labute approximate surface area is 181 Å². The number of ketones is 1. The van der Waals surface area contributed by atoms with Gasteiger partial charge in [-0.3, -0.25) is 4.79 Å². The smallest absolute Gasteiger partial charge is 0.138 e. The molecule has 3 aliphatic rings. The number of piperidine rings is 1. The van der Waals surface area contributed by atoms with E-state index < -0.39 is 0 Å². The molecule has 3 rings (SSSR count). The third kappa shape index (κ3) is 7.95. The molecule has 0 bridgehead atoms. The van der Waals surface area contributed by atoms with Gasteiger partial charge < -0.3 is 14.7 Å². The van der Waals surface area contributed by atoms with Crippen LogP contribution in [0, 0.1) is 23.7 Å². The highest BCUT2D eigenvalue weighted by molar-refractivity contribution is 5.82. The summed E-state index contributed by atoms with van der Waals surface area (Å²) in [5.74, 6) is 2.83. The molecule has 0 aromatic carbocycles. The highest BCUT2D eigenvalue weighted by atomic mass is 16.1. The number of Topliss-reactive ketones (excluding diaryl/α,β-unsaturated/α-hetero) is 1. The van der Waals surface area contributed by atoms with Crippen molar-refractivity contribution in [1.82, 2.24) is 14.7 Å². The fraction of sp³-hybridized carbons (Fsp3) is 0.960. The first kappa shape index (κ1) is 24.8. The summed E-state index contributed by atoms with van der Waals surface area (Å²) in [6.45, 7) is 21.9. The van der Waals surface area contributed by atoms with E-state index in [0.717, 1.165) is 24.7 Å². The standard InChI is InChI=1S/C23H43N3O.C2H6/c1-4-24-13-15-26(16-14-24)18-21-9-11-25(12-10-21)17-20-5-7-22(8-6-20)23(27)19(2)3;1-2/h19-22H,4-18H2,1-3H3;1-2H3. The molecule has 0 radical (unpaired) electrons. The summed E-state index contributed by atoms with van der Waals surface area (Å²) in [6, 6.07) is 0. The summed E-state index contributed by atoms with van der Waals surface area (Å²) in [4.78, 5) is 20.2. The first-order chi connectivity index (χ1) is 14.0. The molecule has 2 aliphatic heterocycles. The van der Waals surface area contributed by atoms with E-state index in [2.05, 4.69) is 35.5 Å². The summed E-state index contributed by atoms with van der Waals surface area (Å²) in [5, 5.41) is 0. The van der Waals surface area contributed by atoms with E-state index in [-0.39, 0.29) is 5.92 Å². The van der Waals surface area contributed by atoms with Crippen molar-refractivity contribution in [3.05, 3.63) is 0 Å². The van der Waals surface area contributed by atoms with Crippen molar-refractivity contribution in [3.63, 3.8) is 0 Å². The zero-order valence-electron chi connectivity index (χ0n) is 20.2. The minimum absolute atomic E-state index is 0.218. The molecule has 3 fully saturated rings. The van der Waals surface area contributed by atoms with Crippen LogP contribution in [0.3, 0.4) is 0 Å². The van der Waals surface area contributed by atoms with Crippen LogP contribution >= 0.6 is 0 Å². The van der Waals surface area contributed by atoms with Gasteiger partial charge in [-0.25, -0.2) is 0 Å². The van der Waals surface area contributed by atoms with E-state index in [1.165, 1.54) is 84.6 Å². The van der Waals surface area contributed by atoms with Crippen molar-refractivity contribution in [2.24, 2.45) is 23.7 Å². The topological polar surface area (TPSA) is 26.8 Å². The summed E-state index contributed by atoms with van der Waals surface area (Å²) in [6.07, 6.45) is 7.59. The maximum atomic E-state index is 12.2. The zero-order chi connectivity index (χ0) is 21.2. The van der Waals surface area contributed by atoms with Gasteiger partial charge in [0.2, 0.25) is 0 Å². The van der Waals surface area contributed by atoms with Gasteiger partial charge in [-0.15, -0.1) is 0 Å². The molecular weight excluding hydrogens is 358 g/mol. The van der Waals surface area contributed by atoms with Crippen LogP contribution in [0.1, 0.15) is 73.1 Å². The highest BCUT2D eigenvalue weighted by Crippen LogP contribution is 2.32. The summed E-state index contributed by atoms with van der Waals surface area (Å²) in [7, 11) is 0. The van der Waals surface area contributed by atoms with Crippen LogP contribution < -0.4 is 0 Å². The van der Waals surface area contributed by atoms with Gasteiger partial charge in [-0.2, -0.15) is 0 Å². The van der Waals surface area contributed by atoms with E-state index in [9.17, 15) is 4.79 Å². The molecule has 0 N–H and O–H groups in total. The fourth-order valence-electron chi connectivity index (χ4n) is 5.47. The van der Waals surface area contributed by atoms with Crippen LogP contribution in [0.25, 0.3) is 0 Å². The normalized spacial score (nSPS) is 28.2. The van der Waals surface area contributed by atoms with Crippen LogP contribution in [-0.4, -0.2) is 79.4 Å². The lowest BCUT2D eigenvalue weighted by Crippen LogP contribution is -2.48. The molecule has 0 unspecified atom stereocenters. The Balaban J connectivity index is 0.00000145. The lowest BCUT2D eigenvalue weighted by Gasteiger charge is -2.40. The van der Waals surface area contributed by atoms with Crippen molar-refractivity contribution in [1.29, 1.82) is 0 Å². The van der Waals surface area contributed by atoms with Gasteiger partial charge in [0.25, 0.3) is 0 Å². The minimum Gasteiger partial charge on any atom is -0.303 e. The van der Waals surface area contributed by atoms with Gasteiger partial charge in [0, 0.05) is 51.1 Å².